The van der Waals surface area contributed by atoms with Crippen LogP contribution in [0.1, 0.15) is 16.1 Å². The summed E-state index contributed by atoms with van der Waals surface area (Å²) in [6.07, 6.45) is 3.03. The van der Waals surface area contributed by atoms with Gasteiger partial charge in [-0.15, -0.1) is 0 Å². The zero-order valence-corrected chi connectivity index (χ0v) is 18.9. The lowest BCUT2D eigenvalue weighted by Gasteiger charge is -2.07. The van der Waals surface area contributed by atoms with Crippen LogP contribution in [0.15, 0.2) is 54.9 Å². The van der Waals surface area contributed by atoms with E-state index in [-0.39, 0.29) is 29.0 Å². The van der Waals surface area contributed by atoms with Crippen LogP contribution >= 0.6 is 34.8 Å². The van der Waals surface area contributed by atoms with E-state index in [4.69, 9.17) is 39.5 Å². The highest BCUT2D eigenvalue weighted by Gasteiger charge is 2.15. The number of benzene rings is 2. The monoisotopic (exact) mass is 511 g/mol. The fraction of sp³-hybridized carbons (Fsp3) is 0.0952. The van der Waals surface area contributed by atoms with E-state index in [1.54, 1.807) is 29.1 Å². The van der Waals surface area contributed by atoms with E-state index < -0.39 is 17.5 Å². The van der Waals surface area contributed by atoms with Crippen LogP contribution in [0.25, 0.3) is 0 Å². The number of ether oxygens (including phenoxy) is 1. The third-order valence-electron chi connectivity index (χ3n) is 4.40. The first-order chi connectivity index (χ1) is 15.8. The molecule has 2 aromatic carbocycles. The van der Waals surface area contributed by atoms with Crippen molar-refractivity contribution >= 4 is 46.5 Å². The summed E-state index contributed by atoms with van der Waals surface area (Å²) in [5.74, 6) is -2.09. The maximum absolute atomic E-state index is 13.7. The van der Waals surface area contributed by atoms with Gasteiger partial charge in [0.25, 0.3) is 5.91 Å². The van der Waals surface area contributed by atoms with Crippen molar-refractivity contribution in [3.05, 3.63) is 92.8 Å². The van der Waals surface area contributed by atoms with Crippen LogP contribution in [0.4, 0.5) is 14.6 Å². The Bertz CT molecular complexity index is 1330. The van der Waals surface area contributed by atoms with Crippen LogP contribution in [-0.4, -0.2) is 25.5 Å². The van der Waals surface area contributed by atoms with Crippen LogP contribution in [-0.2, 0) is 13.3 Å². The molecule has 0 atom stereocenters. The number of nitrogens with one attached hydrogen (secondary N) is 1. The zero-order valence-electron chi connectivity index (χ0n) is 16.6. The fourth-order valence-corrected chi connectivity index (χ4v) is 3.36. The smallest absolute Gasteiger partial charge is 0.277 e. The van der Waals surface area contributed by atoms with Gasteiger partial charge in [0.1, 0.15) is 10.8 Å². The molecule has 0 spiro atoms. The highest BCUT2D eigenvalue weighted by atomic mass is 35.5. The molecule has 0 radical (unpaired) electrons. The minimum atomic E-state index is -0.841. The van der Waals surface area contributed by atoms with Gasteiger partial charge in [0.2, 0.25) is 0 Å². The average Bonchev–Trinajstić information content (AvgIpc) is 3.37. The number of rotatable bonds is 7. The number of anilines is 1. The topological polar surface area (TPSA) is 74.0 Å². The number of amides is 1. The van der Waals surface area contributed by atoms with E-state index in [0.29, 0.717) is 22.7 Å². The molecule has 0 bridgehead atoms. The Morgan fingerprint density at radius 1 is 0.970 bits per heavy atom. The Labute approximate surface area is 201 Å². The lowest BCUT2D eigenvalue weighted by Crippen LogP contribution is -2.15. The second-order valence-corrected chi connectivity index (χ2v) is 8.04. The van der Waals surface area contributed by atoms with Gasteiger partial charge in [-0.2, -0.15) is 10.2 Å². The molecule has 4 aromatic rings. The normalized spacial score (nSPS) is 10.9. The van der Waals surface area contributed by atoms with Gasteiger partial charge in [0, 0.05) is 18.5 Å². The molecule has 2 heterocycles. The molecular formula is C21H14Cl3F2N5O2. The van der Waals surface area contributed by atoms with Crippen molar-refractivity contribution in [1.82, 2.24) is 19.6 Å². The van der Waals surface area contributed by atoms with Crippen LogP contribution in [0.3, 0.4) is 0 Å². The van der Waals surface area contributed by atoms with Crippen molar-refractivity contribution < 1.29 is 18.3 Å². The Kier molecular flexibility index (Phi) is 6.83. The first-order valence-corrected chi connectivity index (χ1v) is 10.5. The van der Waals surface area contributed by atoms with Crippen LogP contribution in [0, 0.1) is 11.6 Å². The molecule has 0 aliphatic rings. The standard InChI is InChI=1S/C21H14Cl3F2N5O2/c22-14-3-1-12(7-15(14)23)9-31-10-16(24)20(29-31)27-21(32)18-5-6-30(28-18)11-33-19-4-2-13(25)8-17(19)26/h1-8,10H,9,11H2,(H,27,29,32). The predicted molar refractivity (Wildman–Crippen MR) is 120 cm³/mol. The largest absolute Gasteiger partial charge is 0.468 e. The van der Waals surface area contributed by atoms with Gasteiger partial charge >= 0.3 is 0 Å². The van der Waals surface area contributed by atoms with Crippen molar-refractivity contribution in [2.75, 3.05) is 5.32 Å². The maximum atomic E-state index is 13.7. The SMILES string of the molecule is O=C(Nc1nn(Cc2ccc(Cl)c(Cl)c2)cc1Cl)c1ccn(COc2ccc(F)cc2F)n1. The summed E-state index contributed by atoms with van der Waals surface area (Å²) in [7, 11) is 0. The van der Waals surface area contributed by atoms with Crippen LogP contribution in [0.5, 0.6) is 5.75 Å². The number of hydrogen-bond donors (Lipinski definition) is 1. The average molecular weight is 513 g/mol. The molecule has 0 unspecified atom stereocenters. The molecular weight excluding hydrogens is 499 g/mol. The number of nitrogens with zero attached hydrogens (tertiary/aromatic N) is 4. The van der Waals surface area contributed by atoms with E-state index in [9.17, 15) is 13.6 Å². The van der Waals surface area contributed by atoms with Crippen molar-refractivity contribution in [3.63, 3.8) is 0 Å². The Hall–Kier alpha value is -3.14. The molecule has 1 N–H and O–H groups in total. The van der Waals surface area contributed by atoms with E-state index in [2.05, 4.69) is 15.5 Å². The molecule has 1 amide bonds. The quantitative estimate of drug-likeness (QED) is 0.347. The predicted octanol–water partition coefficient (Wildman–Crippen LogP) is 5.66. The second-order valence-electron chi connectivity index (χ2n) is 6.81. The molecule has 0 aliphatic heterocycles. The zero-order chi connectivity index (χ0) is 23.5. The summed E-state index contributed by atoms with van der Waals surface area (Å²) in [5.41, 5.74) is 0.908. The molecule has 0 aliphatic carbocycles. The van der Waals surface area contributed by atoms with E-state index >= 15 is 0 Å². The Morgan fingerprint density at radius 3 is 2.55 bits per heavy atom. The van der Waals surface area contributed by atoms with E-state index in [1.807, 2.05) is 0 Å². The number of carbonyl (C=O) groups is 1. The molecule has 4 rings (SSSR count). The highest BCUT2D eigenvalue weighted by Crippen LogP contribution is 2.25. The molecule has 0 saturated carbocycles. The second kappa shape index (κ2) is 9.78. The number of hydrogen-bond acceptors (Lipinski definition) is 4. The van der Waals surface area contributed by atoms with Gasteiger partial charge in [-0.05, 0) is 35.9 Å². The minimum Gasteiger partial charge on any atom is -0.468 e. The third-order valence-corrected chi connectivity index (χ3v) is 5.41. The number of aromatic nitrogens is 4. The van der Waals surface area contributed by atoms with E-state index in [0.717, 1.165) is 17.7 Å². The fourth-order valence-electron chi connectivity index (χ4n) is 2.84. The summed E-state index contributed by atoms with van der Waals surface area (Å²) < 4.78 is 34.7. The molecule has 2 aromatic heterocycles. The van der Waals surface area contributed by atoms with Gasteiger partial charge in [-0.25, -0.2) is 13.5 Å². The van der Waals surface area contributed by atoms with Gasteiger partial charge < -0.3 is 10.1 Å². The molecule has 0 saturated heterocycles. The summed E-state index contributed by atoms with van der Waals surface area (Å²) in [6, 6.07) is 9.58. The van der Waals surface area contributed by atoms with Gasteiger partial charge in [-0.1, -0.05) is 40.9 Å². The lowest BCUT2D eigenvalue weighted by atomic mass is 10.2. The molecule has 33 heavy (non-hydrogen) atoms. The maximum Gasteiger partial charge on any atom is 0.277 e. The van der Waals surface area contributed by atoms with Crippen molar-refractivity contribution in [3.8, 4) is 5.75 Å². The lowest BCUT2D eigenvalue weighted by molar-refractivity contribution is 0.101. The third kappa shape index (κ3) is 5.62. The summed E-state index contributed by atoms with van der Waals surface area (Å²) in [4.78, 5) is 12.5. The first-order valence-electron chi connectivity index (χ1n) is 9.38. The van der Waals surface area contributed by atoms with Crippen molar-refractivity contribution in [2.45, 2.75) is 13.3 Å². The van der Waals surface area contributed by atoms with Gasteiger partial charge in [0.05, 0.1) is 16.6 Å². The molecule has 170 valence electrons. The molecule has 0 fully saturated rings. The number of carbonyl (C=O) groups excluding carboxylic acids is 1. The Balaban J connectivity index is 1.38. The minimum absolute atomic E-state index is 0.0632. The highest BCUT2D eigenvalue weighted by molar-refractivity contribution is 6.42. The first kappa shape index (κ1) is 23.0. The van der Waals surface area contributed by atoms with Crippen molar-refractivity contribution in [1.29, 1.82) is 0 Å². The van der Waals surface area contributed by atoms with Gasteiger partial charge in [-0.3, -0.25) is 9.48 Å². The summed E-state index contributed by atoms with van der Waals surface area (Å²) in [6.45, 7) is 0.174. The summed E-state index contributed by atoms with van der Waals surface area (Å²) >= 11 is 18.2. The van der Waals surface area contributed by atoms with Gasteiger partial charge in [0.15, 0.2) is 29.8 Å². The van der Waals surface area contributed by atoms with E-state index in [1.165, 1.54) is 16.9 Å². The Morgan fingerprint density at radius 2 is 1.79 bits per heavy atom. The van der Waals surface area contributed by atoms with Crippen LogP contribution in [0.2, 0.25) is 15.1 Å². The molecule has 12 heteroatoms. The van der Waals surface area contributed by atoms with Crippen molar-refractivity contribution in [2.24, 2.45) is 0 Å². The van der Waals surface area contributed by atoms with Crippen LogP contribution < -0.4 is 10.1 Å². The molecule has 7 nitrogen and oxygen atoms in total. The summed E-state index contributed by atoms with van der Waals surface area (Å²) in [5, 5.41) is 12.0. The number of halogens is 5.